The van der Waals surface area contributed by atoms with Gasteiger partial charge in [0.25, 0.3) is 0 Å². The molecule has 3 aromatic rings. The largest absolute Gasteiger partial charge is 0.464 e. The molecule has 5 nitrogen and oxygen atoms in total. The van der Waals surface area contributed by atoms with E-state index in [1.165, 1.54) is 12.1 Å². The molecule has 1 aliphatic rings. The lowest BCUT2D eigenvalue weighted by Crippen LogP contribution is -2.39. The highest BCUT2D eigenvalue weighted by Crippen LogP contribution is 2.45. The van der Waals surface area contributed by atoms with Crippen LogP contribution in [0.25, 0.3) is 23.3 Å². The number of carbonyl (C=O) groups excluding carboxylic acids is 1. The quantitative estimate of drug-likeness (QED) is 0.200. The summed E-state index contributed by atoms with van der Waals surface area (Å²) in [6, 6.07) is 14.8. The molecule has 0 amide bonds. The van der Waals surface area contributed by atoms with Gasteiger partial charge in [0.1, 0.15) is 5.82 Å². The molecule has 1 aromatic heterocycles. The third-order valence-electron chi connectivity index (χ3n) is 7.78. The zero-order chi connectivity index (χ0) is 30.7. The van der Waals surface area contributed by atoms with Gasteiger partial charge in [0, 0.05) is 35.6 Å². The summed E-state index contributed by atoms with van der Waals surface area (Å²) in [7, 11) is 0. The molecule has 1 aliphatic heterocycles. The molecule has 6 heteroatoms. The van der Waals surface area contributed by atoms with Crippen LogP contribution in [0.1, 0.15) is 88.6 Å². The third-order valence-corrected chi connectivity index (χ3v) is 7.78. The van der Waals surface area contributed by atoms with Crippen molar-refractivity contribution in [2.75, 3.05) is 24.6 Å². The summed E-state index contributed by atoms with van der Waals surface area (Å²) in [4.78, 5) is 20.9. The van der Waals surface area contributed by atoms with Crippen LogP contribution in [0.2, 0.25) is 0 Å². The number of aryl methyl sites for hydroxylation is 2. The Morgan fingerprint density at radius 1 is 0.976 bits per heavy atom. The predicted molar refractivity (Wildman–Crippen MR) is 170 cm³/mol. The number of pyridine rings is 1. The minimum atomic E-state index is -0.903. The number of aromatic nitrogens is 1. The van der Waals surface area contributed by atoms with Gasteiger partial charge in [0.05, 0.1) is 17.9 Å². The van der Waals surface area contributed by atoms with Crippen molar-refractivity contribution in [3.8, 4) is 11.1 Å². The fraction of sp³-hybridized carbons (Fsp3) is 0.444. The van der Waals surface area contributed by atoms with Crippen LogP contribution >= 0.6 is 0 Å². The number of benzene rings is 2. The SMILES string of the molecule is CCOC(=O)[C@@H](OC(C)(C)C)c1c(C)nc(C)c(-c2ccc(C=Cc3ccc(F)cc3)cc2)c1N1CCC(C)(C)CC1. The van der Waals surface area contributed by atoms with Gasteiger partial charge in [-0.05, 0) is 88.6 Å². The van der Waals surface area contributed by atoms with Gasteiger partial charge < -0.3 is 14.4 Å². The van der Waals surface area contributed by atoms with Crippen molar-refractivity contribution in [3.05, 3.63) is 82.4 Å². The van der Waals surface area contributed by atoms with E-state index in [9.17, 15) is 9.18 Å². The van der Waals surface area contributed by atoms with Crippen molar-refractivity contribution >= 4 is 23.8 Å². The number of hydrogen-bond donors (Lipinski definition) is 0. The van der Waals surface area contributed by atoms with E-state index in [0.717, 1.165) is 70.8 Å². The minimum Gasteiger partial charge on any atom is -0.464 e. The van der Waals surface area contributed by atoms with Crippen molar-refractivity contribution in [1.29, 1.82) is 0 Å². The molecule has 4 rings (SSSR count). The Hall–Kier alpha value is -3.51. The number of hydrogen-bond acceptors (Lipinski definition) is 5. The molecule has 2 heterocycles. The van der Waals surface area contributed by atoms with E-state index in [1.807, 2.05) is 53.7 Å². The van der Waals surface area contributed by atoms with Crippen LogP contribution < -0.4 is 4.90 Å². The van der Waals surface area contributed by atoms with Gasteiger partial charge in [-0.25, -0.2) is 9.18 Å². The normalized spacial score (nSPS) is 16.1. The first-order valence-corrected chi connectivity index (χ1v) is 14.9. The monoisotopic (exact) mass is 572 g/mol. The fourth-order valence-electron chi connectivity index (χ4n) is 5.49. The van der Waals surface area contributed by atoms with E-state index in [0.29, 0.717) is 0 Å². The molecule has 0 unspecified atom stereocenters. The van der Waals surface area contributed by atoms with Crippen molar-refractivity contribution in [2.24, 2.45) is 5.41 Å². The van der Waals surface area contributed by atoms with Crippen LogP contribution in [-0.2, 0) is 14.3 Å². The average Bonchev–Trinajstić information content (AvgIpc) is 2.91. The Morgan fingerprint density at radius 2 is 1.52 bits per heavy atom. The maximum Gasteiger partial charge on any atom is 0.340 e. The number of halogens is 1. The first-order valence-electron chi connectivity index (χ1n) is 14.9. The Morgan fingerprint density at radius 3 is 2.05 bits per heavy atom. The number of piperidine rings is 1. The highest BCUT2D eigenvalue weighted by atomic mass is 19.1. The van der Waals surface area contributed by atoms with Gasteiger partial charge in [0.2, 0.25) is 0 Å². The fourth-order valence-corrected chi connectivity index (χ4v) is 5.49. The van der Waals surface area contributed by atoms with Crippen LogP contribution in [0, 0.1) is 25.1 Å². The van der Waals surface area contributed by atoms with Crippen molar-refractivity contribution in [2.45, 2.75) is 79.9 Å². The standard InChI is InChI=1S/C36H45FN2O3/c1-9-41-34(40)33(42-35(4,5)6)31-25(3)38-24(2)30(32(31)39-22-20-36(7,8)21-23-39)28-16-12-26(13-17-28)10-11-27-14-18-29(37)19-15-27/h10-19,33H,9,20-23H2,1-8H3/t33-/m0/s1. The molecule has 0 spiro atoms. The van der Waals surface area contributed by atoms with Crippen molar-refractivity contribution < 1.29 is 18.7 Å². The second-order valence-corrected chi connectivity index (χ2v) is 12.9. The second kappa shape index (κ2) is 12.8. The highest BCUT2D eigenvalue weighted by molar-refractivity contribution is 5.88. The van der Waals surface area contributed by atoms with Crippen molar-refractivity contribution in [1.82, 2.24) is 4.98 Å². The molecular formula is C36H45FN2O3. The van der Waals surface area contributed by atoms with E-state index >= 15 is 0 Å². The van der Waals surface area contributed by atoms with E-state index in [-0.39, 0.29) is 17.8 Å². The first kappa shape index (κ1) is 31.4. The lowest BCUT2D eigenvalue weighted by atomic mass is 9.81. The summed E-state index contributed by atoms with van der Waals surface area (Å²) in [5, 5.41) is 0. The number of esters is 1. The molecule has 2 aromatic carbocycles. The number of nitrogens with zero attached hydrogens (tertiary/aromatic N) is 2. The maximum absolute atomic E-state index is 13.5. The second-order valence-electron chi connectivity index (χ2n) is 12.9. The first-order chi connectivity index (χ1) is 19.8. The van der Waals surface area contributed by atoms with Gasteiger partial charge in [-0.1, -0.05) is 62.4 Å². The average molecular weight is 573 g/mol. The molecule has 0 N–H and O–H groups in total. The van der Waals surface area contributed by atoms with Crippen LogP contribution in [0.3, 0.4) is 0 Å². The summed E-state index contributed by atoms with van der Waals surface area (Å²) in [5.41, 5.74) is 7.15. The molecule has 1 fully saturated rings. The molecule has 1 saturated heterocycles. The van der Waals surface area contributed by atoms with Crippen LogP contribution in [0.15, 0.2) is 48.5 Å². The summed E-state index contributed by atoms with van der Waals surface area (Å²) >= 11 is 0. The molecule has 0 saturated carbocycles. The Bertz CT molecular complexity index is 1410. The predicted octanol–water partition coefficient (Wildman–Crippen LogP) is 8.72. The highest BCUT2D eigenvalue weighted by Gasteiger charge is 2.37. The summed E-state index contributed by atoms with van der Waals surface area (Å²) in [5.74, 6) is -0.642. The molecule has 42 heavy (non-hydrogen) atoms. The summed E-state index contributed by atoms with van der Waals surface area (Å²) in [6.45, 7) is 18.3. The van der Waals surface area contributed by atoms with Gasteiger partial charge >= 0.3 is 5.97 Å². The van der Waals surface area contributed by atoms with Crippen LogP contribution in [0.4, 0.5) is 10.1 Å². The molecule has 0 aliphatic carbocycles. The lowest BCUT2D eigenvalue weighted by Gasteiger charge is -2.41. The van der Waals surface area contributed by atoms with Gasteiger partial charge in [-0.15, -0.1) is 0 Å². The molecule has 224 valence electrons. The zero-order valence-corrected chi connectivity index (χ0v) is 26.4. The number of rotatable bonds is 8. The van der Waals surface area contributed by atoms with E-state index in [1.54, 1.807) is 12.1 Å². The number of ether oxygens (including phenoxy) is 2. The maximum atomic E-state index is 13.5. The van der Waals surface area contributed by atoms with Gasteiger partial charge in [-0.2, -0.15) is 0 Å². The van der Waals surface area contributed by atoms with Gasteiger partial charge in [0.15, 0.2) is 6.10 Å². The molecule has 0 radical (unpaired) electrons. The minimum absolute atomic E-state index is 0.246. The lowest BCUT2D eigenvalue weighted by molar-refractivity contribution is -0.166. The zero-order valence-electron chi connectivity index (χ0n) is 26.4. The molecular weight excluding hydrogens is 527 g/mol. The van der Waals surface area contributed by atoms with Crippen LogP contribution in [-0.4, -0.2) is 36.3 Å². The molecule has 1 atom stereocenters. The van der Waals surface area contributed by atoms with Gasteiger partial charge in [-0.3, -0.25) is 4.98 Å². The van der Waals surface area contributed by atoms with E-state index in [4.69, 9.17) is 14.5 Å². The number of anilines is 1. The summed E-state index contributed by atoms with van der Waals surface area (Å²) in [6.07, 6.45) is 5.18. The Labute approximate surface area is 250 Å². The van der Waals surface area contributed by atoms with Crippen LogP contribution in [0.5, 0.6) is 0 Å². The van der Waals surface area contributed by atoms with Crippen molar-refractivity contribution in [3.63, 3.8) is 0 Å². The Kier molecular flexibility index (Phi) is 9.56. The third kappa shape index (κ3) is 7.65. The summed E-state index contributed by atoms with van der Waals surface area (Å²) < 4.78 is 25.3. The molecule has 0 bridgehead atoms. The smallest absolute Gasteiger partial charge is 0.340 e. The number of carbonyl (C=O) groups is 1. The Balaban J connectivity index is 1.84. The van der Waals surface area contributed by atoms with E-state index in [2.05, 4.69) is 43.0 Å². The topological polar surface area (TPSA) is 51.7 Å². The van der Waals surface area contributed by atoms with E-state index < -0.39 is 17.7 Å².